The lowest BCUT2D eigenvalue weighted by atomic mass is 10.3. The molecule has 0 aliphatic rings. The molecule has 86 valence electrons. The second-order valence-corrected chi connectivity index (χ2v) is 4.16. The number of nitrogens with zero attached hydrogens (tertiary/aromatic N) is 1. The van der Waals surface area contributed by atoms with Gasteiger partial charge in [-0.25, -0.2) is 0 Å². The van der Waals surface area contributed by atoms with E-state index in [0.29, 0.717) is 5.75 Å². The van der Waals surface area contributed by atoms with Gasteiger partial charge < -0.3 is 11.5 Å². The van der Waals surface area contributed by atoms with Gasteiger partial charge in [0.15, 0.2) is 0 Å². The van der Waals surface area contributed by atoms with E-state index in [1.165, 1.54) is 23.9 Å². The Hall–Kier alpha value is -1.60. The average molecular weight is 241 g/mol. The molecule has 0 fully saturated rings. The number of nitro benzene ring substituents is 1. The summed E-state index contributed by atoms with van der Waals surface area (Å²) >= 11 is 1.33. The summed E-state index contributed by atoms with van der Waals surface area (Å²) in [4.78, 5) is 21.4. The predicted octanol–water partition coefficient (Wildman–Crippen LogP) is 0.499. The molecule has 1 amide bonds. The fourth-order valence-corrected chi connectivity index (χ4v) is 1.80. The van der Waals surface area contributed by atoms with E-state index in [0.717, 1.165) is 4.90 Å². The molecule has 1 unspecified atom stereocenters. The van der Waals surface area contributed by atoms with Crippen molar-refractivity contribution in [1.29, 1.82) is 0 Å². The van der Waals surface area contributed by atoms with Crippen molar-refractivity contribution in [3.8, 4) is 0 Å². The molecular formula is C9H11N3O3S. The maximum Gasteiger partial charge on any atom is 0.269 e. The maximum atomic E-state index is 10.7. The second-order valence-electron chi connectivity index (χ2n) is 3.07. The topological polar surface area (TPSA) is 112 Å². The van der Waals surface area contributed by atoms with Crippen molar-refractivity contribution >= 4 is 23.4 Å². The number of amides is 1. The molecule has 0 aromatic heterocycles. The van der Waals surface area contributed by atoms with Crippen molar-refractivity contribution in [2.24, 2.45) is 11.5 Å². The molecule has 7 heteroatoms. The van der Waals surface area contributed by atoms with E-state index in [4.69, 9.17) is 11.5 Å². The van der Waals surface area contributed by atoms with E-state index >= 15 is 0 Å². The van der Waals surface area contributed by atoms with Crippen molar-refractivity contribution in [2.45, 2.75) is 10.9 Å². The van der Waals surface area contributed by atoms with E-state index < -0.39 is 16.9 Å². The van der Waals surface area contributed by atoms with Gasteiger partial charge in [-0.05, 0) is 12.1 Å². The van der Waals surface area contributed by atoms with Gasteiger partial charge in [0, 0.05) is 22.8 Å². The van der Waals surface area contributed by atoms with Crippen LogP contribution in [0.25, 0.3) is 0 Å². The fourth-order valence-electron chi connectivity index (χ4n) is 0.932. The number of benzene rings is 1. The van der Waals surface area contributed by atoms with Crippen LogP contribution in [0.15, 0.2) is 29.2 Å². The molecule has 0 radical (unpaired) electrons. The molecule has 0 spiro atoms. The van der Waals surface area contributed by atoms with Gasteiger partial charge in [0.1, 0.15) is 0 Å². The lowest BCUT2D eigenvalue weighted by Crippen LogP contribution is -2.38. The summed E-state index contributed by atoms with van der Waals surface area (Å²) in [6.07, 6.45) is 0. The summed E-state index contributed by atoms with van der Waals surface area (Å²) in [5.74, 6) is -0.206. The largest absolute Gasteiger partial charge is 0.368 e. The third-order valence-electron chi connectivity index (χ3n) is 1.84. The van der Waals surface area contributed by atoms with Crippen LogP contribution in [0.3, 0.4) is 0 Å². The van der Waals surface area contributed by atoms with Crippen molar-refractivity contribution in [1.82, 2.24) is 0 Å². The summed E-state index contributed by atoms with van der Waals surface area (Å²) in [6.45, 7) is 0. The van der Waals surface area contributed by atoms with E-state index in [1.807, 2.05) is 0 Å². The number of nitrogens with two attached hydrogens (primary N) is 2. The highest BCUT2D eigenvalue weighted by atomic mass is 32.2. The monoisotopic (exact) mass is 241 g/mol. The molecule has 0 aliphatic heterocycles. The number of carbonyl (C=O) groups is 1. The molecule has 0 aliphatic carbocycles. The molecule has 4 N–H and O–H groups in total. The van der Waals surface area contributed by atoms with Crippen LogP contribution in [0, 0.1) is 10.1 Å². The molecule has 16 heavy (non-hydrogen) atoms. The highest BCUT2D eigenvalue weighted by molar-refractivity contribution is 7.99. The highest BCUT2D eigenvalue weighted by Crippen LogP contribution is 2.21. The Kier molecular flexibility index (Phi) is 4.27. The molecule has 1 aromatic rings. The normalized spacial score (nSPS) is 12.1. The van der Waals surface area contributed by atoms with Crippen molar-refractivity contribution in [3.63, 3.8) is 0 Å². The average Bonchev–Trinajstić information content (AvgIpc) is 2.26. The van der Waals surface area contributed by atoms with Crippen LogP contribution in [0.4, 0.5) is 5.69 Å². The van der Waals surface area contributed by atoms with Gasteiger partial charge in [-0.15, -0.1) is 11.8 Å². The number of non-ortho nitro benzene ring substituents is 1. The van der Waals surface area contributed by atoms with Crippen molar-refractivity contribution in [2.75, 3.05) is 5.75 Å². The second kappa shape index (κ2) is 5.47. The van der Waals surface area contributed by atoms with Gasteiger partial charge in [-0.2, -0.15) is 0 Å². The van der Waals surface area contributed by atoms with Gasteiger partial charge in [-0.3, -0.25) is 14.9 Å². The summed E-state index contributed by atoms with van der Waals surface area (Å²) in [6, 6.07) is 5.31. The van der Waals surface area contributed by atoms with E-state index in [-0.39, 0.29) is 5.69 Å². The standard InChI is InChI=1S/C9H11N3O3S/c10-8(9(11)13)5-16-7-3-1-6(2-4-7)12(14)15/h1-4,8H,5,10H2,(H2,11,13). The highest BCUT2D eigenvalue weighted by Gasteiger charge is 2.10. The number of hydrogen-bond acceptors (Lipinski definition) is 5. The minimum absolute atomic E-state index is 0.0311. The molecular weight excluding hydrogens is 230 g/mol. The van der Waals surface area contributed by atoms with Crippen LogP contribution in [-0.4, -0.2) is 22.6 Å². The lowest BCUT2D eigenvalue weighted by molar-refractivity contribution is -0.384. The summed E-state index contributed by atoms with van der Waals surface area (Å²) in [5.41, 5.74) is 10.5. The van der Waals surface area contributed by atoms with Gasteiger partial charge in [-0.1, -0.05) is 0 Å². The lowest BCUT2D eigenvalue weighted by Gasteiger charge is -2.06. The molecule has 1 atom stereocenters. The fraction of sp³-hybridized carbons (Fsp3) is 0.222. The number of thioether (sulfide) groups is 1. The smallest absolute Gasteiger partial charge is 0.269 e. The Bertz CT molecular complexity index is 393. The SMILES string of the molecule is NC(=O)C(N)CSc1ccc([N+](=O)[O-])cc1. The summed E-state index contributed by atoms with van der Waals surface area (Å²) in [5, 5.41) is 10.4. The van der Waals surface area contributed by atoms with E-state index in [2.05, 4.69) is 0 Å². The van der Waals surface area contributed by atoms with Crippen molar-refractivity contribution < 1.29 is 9.72 Å². The number of carbonyl (C=O) groups excluding carboxylic acids is 1. The Morgan fingerprint density at radius 1 is 1.44 bits per heavy atom. The minimum atomic E-state index is -0.708. The number of hydrogen-bond donors (Lipinski definition) is 2. The maximum absolute atomic E-state index is 10.7. The van der Waals surface area contributed by atoms with Gasteiger partial charge in [0.2, 0.25) is 5.91 Å². The molecule has 0 saturated carbocycles. The molecule has 1 aromatic carbocycles. The molecule has 6 nitrogen and oxygen atoms in total. The third-order valence-corrected chi connectivity index (χ3v) is 2.97. The Morgan fingerprint density at radius 2 is 2.00 bits per heavy atom. The van der Waals surface area contributed by atoms with Crippen LogP contribution in [0.5, 0.6) is 0 Å². The molecule has 1 rings (SSSR count). The van der Waals surface area contributed by atoms with Crippen LogP contribution >= 0.6 is 11.8 Å². The summed E-state index contributed by atoms with van der Waals surface area (Å²) < 4.78 is 0. The zero-order valence-corrected chi connectivity index (χ0v) is 9.15. The Balaban J connectivity index is 2.56. The Labute approximate surface area is 96.1 Å². The van der Waals surface area contributed by atoms with Crippen LogP contribution in [0.1, 0.15) is 0 Å². The van der Waals surface area contributed by atoms with Gasteiger partial charge in [0.05, 0.1) is 11.0 Å². The summed E-state index contributed by atoms with van der Waals surface area (Å²) in [7, 11) is 0. The number of nitro groups is 1. The zero-order chi connectivity index (χ0) is 12.1. The molecule has 0 heterocycles. The van der Waals surface area contributed by atoms with Crippen LogP contribution in [-0.2, 0) is 4.79 Å². The third kappa shape index (κ3) is 3.52. The molecule has 0 saturated heterocycles. The minimum Gasteiger partial charge on any atom is -0.368 e. The van der Waals surface area contributed by atoms with Crippen molar-refractivity contribution in [3.05, 3.63) is 34.4 Å². The Morgan fingerprint density at radius 3 is 2.44 bits per heavy atom. The van der Waals surface area contributed by atoms with Gasteiger partial charge >= 0.3 is 0 Å². The quantitative estimate of drug-likeness (QED) is 0.443. The number of rotatable bonds is 5. The first-order valence-corrected chi connectivity index (χ1v) is 5.41. The van der Waals surface area contributed by atoms with Crippen LogP contribution in [0.2, 0.25) is 0 Å². The number of primary amides is 1. The first-order valence-electron chi connectivity index (χ1n) is 4.43. The van der Waals surface area contributed by atoms with E-state index in [1.54, 1.807) is 12.1 Å². The van der Waals surface area contributed by atoms with Crippen LogP contribution < -0.4 is 11.5 Å². The zero-order valence-electron chi connectivity index (χ0n) is 8.33. The first-order chi connectivity index (χ1) is 7.50. The van der Waals surface area contributed by atoms with E-state index in [9.17, 15) is 14.9 Å². The molecule has 0 bridgehead atoms. The van der Waals surface area contributed by atoms with Gasteiger partial charge in [0.25, 0.3) is 5.69 Å². The predicted molar refractivity (Wildman–Crippen MR) is 61.0 cm³/mol. The first kappa shape index (κ1) is 12.5.